The topological polar surface area (TPSA) is 89.3 Å². The first-order chi connectivity index (χ1) is 10.4. The van der Waals surface area contributed by atoms with E-state index in [-0.39, 0.29) is 5.41 Å². The molecule has 0 radical (unpaired) electrons. The quantitative estimate of drug-likeness (QED) is 0.651. The number of hydrogen-bond donors (Lipinski definition) is 2. The summed E-state index contributed by atoms with van der Waals surface area (Å²) < 4.78 is 5.66. The molecule has 0 aliphatic heterocycles. The van der Waals surface area contributed by atoms with E-state index >= 15 is 0 Å². The molecule has 0 saturated heterocycles. The average Bonchev–Trinajstić information content (AvgIpc) is 2.95. The minimum absolute atomic E-state index is 0.0541. The van der Waals surface area contributed by atoms with E-state index < -0.39 is 0 Å². The third kappa shape index (κ3) is 4.87. The molecule has 2 aromatic rings. The Labute approximate surface area is 130 Å². The van der Waals surface area contributed by atoms with Crippen LogP contribution in [0.25, 0.3) is 0 Å². The second kappa shape index (κ2) is 7.06. The Hall–Kier alpha value is -2.37. The molecule has 0 fully saturated rings. The van der Waals surface area contributed by atoms with Gasteiger partial charge in [-0.2, -0.15) is 0 Å². The standard InChI is InChI=1S/C16H23N5O/c1-16(2,3)13-10-20-14(22-13)11-21-15(17)19-9-7-12-6-4-5-8-18-12/h4-6,8,10H,7,9,11H2,1-3H3,(H3,17,19,21). The molecule has 22 heavy (non-hydrogen) atoms. The fourth-order valence-corrected chi connectivity index (χ4v) is 1.80. The second-order valence-corrected chi connectivity index (χ2v) is 6.07. The highest BCUT2D eigenvalue weighted by molar-refractivity contribution is 5.77. The van der Waals surface area contributed by atoms with Gasteiger partial charge in [0.25, 0.3) is 0 Å². The predicted molar refractivity (Wildman–Crippen MR) is 86.5 cm³/mol. The molecule has 2 aromatic heterocycles. The van der Waals surface area contributed by atoms with Gasteiger partial charge in [-0.05, 0) is 12.1 Å². The number of hydrogen-bond acceptors (Lipinski definition) is 4. The van der Waals surface area contributed by atoms with Gasteiger partial charge >= 0.3 is 0 Å². The molecule has 0 aliphatic carbocycles. The predicted octanol–water partition coefficient (Wildman–Crippen LogP) is 2.01. The number of guanidine groups is 1. The van der Waals surface area contributed by atoms with Gasteiger partial charge in [0.15, 0.2) is 5.96 Å². The van der Waals surface area contributed by atoms with E-state index in [9.17, 15) is 0 Å². The minimum atomic E-state index is -0.0541. The van der Waals surface area contributed by atoms with Gasteiger partial charge in [0.1, 0.15) is 12.3 Å². The van der Waals surface area contributed by atoms with Gasteiger partial charge in [0, 0.05) is 30.3 Å². The largest absolute Gasteiger partial charge is 0.443 e. The number of aromatic nitrogens is 2. The number of rotatable bonds is 5. The Morgan fingerprint density at radius 3 is 2.77 bits per heavy atom. The highest BCUT2D eigenvalue weighted by Crippen LogP contribution is 2.22. The molecule has 6 heteroatoms. The van der Waals surface area contributed by atoms with Crippen molar-refractivity contribution in [2.75, 3.05) is 6.54 Å². The van der Waals surface area contributed by atoms with Crippen molar-refractivity contribution in [1.82, 2.24) is 15.3 Å². The fraction of sp³-hybridized carbons (Fsp3) is 0.438. The van der Waals surface area contributed by atoms with Gasteiger partial charge in [0.2, 0.25) is 5.89 Å². The van der Waals surface area contributed by atoms with Crippen molar-refractivity contribution in [3.8, 4) is 0 Å². The van der Waals surface area contributed by atoms with Crippen LogP contribution >= 0.6 is 0 Å². The first-order valence-corrected chi connectivity index (χ1v) is 7.34. The van der Waals surface area contributed by atoms with E-state index in [1.54, 1.807) is 12.4 Å². The van der Waals surface area contributed by atoms with Gasteiger partial charge in [0.05, 0.1) is 6.20 Å². The molecule has 118 valence electrons. The van der Waals surface area contributed by atoms with Crippen LogP contribution in [0.5, 0.6) is 0 Å². The van der Waals surface area contributed by atoms with E-state index in [2.05, 4.69) is 41.0 Å². The minimum Gasteiger partial charge on any atom is -0.443 e. The van der Waals surface area contributed by atoms with Crippen molar-refractivity contribution in [3.63, 3.8) is 0 Å². The molecule has 2 heterocycles. The van der Waals surface area contributed by atoms with Crippen LogP contribution in [-0.4, -0.2) is 22.5 Å². The smallest absolute Gasteiger partial charge is 0.216 e. The summed E-state index contributed by atoms with van der Waals surface area (Å²) in [6, 6.07) is 5.85. The number of pyridine rings is 1. The first-order valence-electron chi connectivity index (χ1n) is 7.34. The van der Waals surface area contributed by atoms with E-state index in [1.807, 2.05) is 18.2 Å². The van der Waals surface area contributed by atoms with Crippen LogP contribution in [0.2, 0.25) is 0 Å². The summed E-state index contributed by atoms with van der Waals surface area (Å²) in [4.78, 5) is 12.7. The van der Waals surface area contributed by atoms with Crippen molar-refractivity contribution in [1.29, 1.82) is 0 Å². The zero-order chi connectivity index (χ0) is 16.0. The summed E-state index contributed by atoms with van der Waals surface area (Å²) in [5, 5.41) is 3.06. The Balaban J connectivity index is 1.79. The summed E-state index contributed by atoms with van der Waals surface area (Å²) in [6.07, 6.45) is 4.32. The Kier molecular flexibility index (Phi) is 5.14. The summed E-state index contributed by atoms with van der Waals surface area (Å²) in [7, 11) is 0. The van der Waals surface area contributed by atoms with Gasteiger partial charge in [-0.3, -0.25) is 4.98 Å². The molecular weight excluding hydrogens is 278 g/mol. The second-order valence-electron chi connectivity index (χ2n) is 6.07. The summed E-state index contributed by atoms with van der Waals surface area (Å²) >= 11 is 0. The summed E-state index contributed by atoms with van der Waals surface area (Å²) in [6.45, 7) is 7.25. The molecule has 0 amide bonds. The van der Waals surface area contributed by atoms with E-state index in [0.717, 1.165) is 17.9 Å². The average molecular weight is 301 g/mol. The first kappa shape index (κ1) is 16.0. The number of nitrogens with two attached hydrogens (primary N) is 1. The third-order valence-electron chi connectivity index (χ3n) is 3.09. The lowest BCUT2D eigenvalue weighted by molar-refractivity contribution is 0.383. The highest BCUT2D eigenvalue weighted by Gasteiger charge is 2.18. The molecule has 0 bridgehead atoms. The summed E-state index contributed by atoms with van der Waals surface area (Å²) in [5.41, 5.74) is 6.79. The van der Waals surface area contributed by atoms with Crippen molar-refractivity contribution in [2.45, 2.75) is 39.2 Å². The molecule has 0 spiro atoms. The van der Waals surface area contributed by atoms with E-state index in [1.165, 1.54) is 0 Å². The number of aliphatic imine (C=N–C) groups is 1. The molecule has 2 rings (SSSR count). The third-order valence-corrected chi connectivity index (χ3v) is 3.09. The SMILES string of the molecule is CC(C)(C)c1cnc(CN=C(N)NCCc2ccccn2)o1. The Morgan fingerprint density at radius 2 is 2.14 bits per heavy atom. The van der Waals surface area contributed by atoms with Gasteiger partial charge in [-0.25, -0.2) is 9.98 Å². The Morgan fingerprint density at radius 1 is 1.32 bits per heavy atom. The monoisotopic (exact) mass is 301 g/mol. The number of nitrogens with one attached hydrogen (secondary N) is 1. The maximum atomic E-state index is 5.83. The lowest BCUT2D eigenvalue weighted by Gasteiger charge is -2.12. The maximum Gasteiger partial charge on any atom is 0.216 e. The lowest BCUT2D eigenvalue weighted by atomic mass is 9.94. The molecular formula is C16H23N5O. The molecule has 0 aliphatic rings. The number of oxazole rings is 1. The molecule has 0 unspecified atom stereocenters. The highest BCUT2D eigenvalue weighted by atomic mass is 16.4. The Bertz CT molecular complexity index is 613. The van der Waals surface area contributed by atoms with Crippen molar-refractivity contribution < 1.29 is 4.42 Å². The zero-order valence-corrected chi connectivity index (χ0v) is 13.3. The van der Waals surface area contributed by atoms with Crippen LogP contribution in [0.15, 0.2) is 40.0 Å². The molecule has 3 N–H and O–H groups in total. The molecule has 6 nitrogen and oxygen atoms in total. The van der Waals surface area contributed by atoms with Crippen LogP contribution < -0.4 is 11.1 Å². The van der Waals surface area contributed by atoms with Crippen LogP contribution in [0.3, 0.4) is 0 Å². The van der Waals surface area contributed by atoms with E-state index in [4.69, 9.17) is 10.2 Å². The maximum absolute atomic E-state index is 5.83. The molecule has 0 saturated carbocycles. The van der Waals surface area contributed by atoms with Crippen LogP contribution in [0.4, 0.5) is 0 Å². The van der Waals surface area contributed by atoms with Gasteiger partial charge in [-0.1, -0.05) is 26.8 Å². The van der Waals surface area contributed by atoms with Crippen LogP contribution in [-0.2, 0) is 18.4 Å². The van der Waals surface area contributed by atoms with Crippen molar-refractivity contribution in [2.24, 2.45) is 10.7 Å². The zero-order valence-electron chi connectivity index (χ0n) is 13.3. The van der Waals surface area contributed by atoms with Gasteiger partial charge < -0.3 is 15.5 Å². The van der Waals surface area contributed by atoms with Crippen LogP contribution in [0, 0.1) is 0 Å². The van der Waals surface area contributed by atoms with Crippen molar-refractivity contribution >= 4 is 5.96 Å². The summed E-state index contributed by atoms with van der Waals surface area (Å²) in [5.74, 6) is 1.80. The van der Waals surface area contributed by atoms with E-state index in [0.29, 0.717) is 24.9 Å². The van der Waals surface area contributed by atoms with Gasteiger partial charge in [-0.15, -0.1) is 0 Å². The molecule has 0 atom stereocenters. The molecule has 0 aromatic carbocycles. The number of nitrogens with zero attached hydrogens (tertiary/aromatic N) is 3. The van der Waals surface area contributed by atoms with Crippen molar-refractivity contribution in [3.05, 3.63) is 47.9 Å². The lowest BCUT2D eigenvalue weighted by Crippen LogP contribution is -2.33. The fourth-order valence-electron chi connectivity index (χ4n) is 1.80. The van der Waals surface area contributed by atoms with Crippen LogP contribution in [0.1, 0.15) is 38.1 Å². The normalized spacial score (nSPS) is 12.4.